The highest BCUT2D eigenvalue weighted by molar-refractivity contribution is 7.71. The molecule has 2 N–H and O–H groups in total. The van der Waals surface area contributed by atoms with Crippen LogP contribution in [0.5, 0.6) is 5.75 Å². The summed E-state index contributed by atoms with van der Waals surface area (Å²) in [6, 6.07) is 23.3. The molecule has 4 aromatic rings. The summed E-state index contributed by atoms with van der Waals surface area (Å²) in [7, 11) is 1.60. The Bertz CT molecular complexity index is 1340. The van der Waals surface area contributed by atoms with Gasteiger partial charge in [-0.3, -0.25) is 9.36 Å². The predicted molar refractivity (Wildman–Crippen MR) is 137 cm³/mol. The van der Waals surface area contributed by atoms with E-state index in [0.717, 1.165) is 28.5 Å². The average molecular weight is 474 g/mol. The maximum atomic E-state index is 12.7. The minimum atomic E-state index is -0.214. The number of rotatable bonds is 8. The maximum Gasteiger partial charge on any atom is 0.246 e. The molecule has 0 radical (unpaired) electrons. The Labute approximate surface area is 204 Å². The number of nitrogens with one attached hydrogen (secondary N) is 2. The van der Waals surface area contributed by atoms with Crippen molar-refractivity contribution in [1.29, 1.82) is 0 Å². The number of benzene rings is 3. The SMILES string of the molecule is COc1ccc(NC(=O)Cn2nc(CNc3ccc(C)cc3)n(-c3ccccc3C)c2=S)cc1. The lowest BCUT2D eigenvalue weighted by Crippen LogP contribution is -2.20. The van der Waals surface area contributed by atoms with Crippen molar-refractivity contribution in [2.75, 3.05) is 17.7 Å². The summed E-state index contributed by atoms with van der Waals surface area (Å²) < 4.78 is 9.11. The Kier molecular flexibility index (Phi) is 7.08. The number of anilines is 2. The third-order valence-electron chi connectivity index (χ3n) is 5.43. The molecule has 174 valence electrons. The Morgan fingerprint density at radius 2 is 1.65 bits per heavy atom. The van der Waals surface area contributed by atoms with Gasteiger partial charge in [0.2, 0.25) is 10.7 Å². The van der Waals surface area contributed by atoms with Crippen LogP contribution in [0, 0.1) is 18.6 Å². The molecule has 8 heteroatoms. The number of nitrogens with zero attached hydrogens (tertiary/aromatic N) is 3. The van der Waals surface area contributed by atoms with Crippen LogP contribution in [0.15, 0.2) is 72.8 Å². The number of carbonyl (C=O) groups is 1. The van der Waals surface area contributed by atoms with E-state index >= 15 is 0 Å². The number of para-hydroxylation sites is 1. The van der Waals surface area contributed by atoms with Crippen LogP contribution in [0.3, 0.4) is 0 Å². The van der Waals surface area contributed by atoms with Gasteiger partial charge in [-0.1, -0.05) is 35.9 Å². The van der Waals surface area contributed by atoms with Crippen molar-refractivity contribution in [1.82, 2.24) is 14.3 Å². The first-order chi connectivity index (χ1) is 16.4. The Balaban J connectivity index is 1.60. The van der Waals surface area contributed by atoms with Gasteiger partial charge in [0.1, 0.15) is 12.3 Å². The van der Waals surface area contributed by atoms with E-state index in [1.165, 1.54) is 5.56 Å². The van der Waals surface area contributed by atoms with E-state index in [2.05, 4.69) is 29.7 Å². The molecule has 0 aliphatic carbocycles. The second-order valence-electron chi connectivity index (χ2n) is 7.97. The van der Waals surface area contributed by atoms with Crippen LogP contribution in [-0.2, 0) is 17.9 Å². The van der Waals surface area contributed by atoms with Crippen LogP contribution in [0.2, 0.25) is 0 Å². The lowest BCUT2D eigenvalue weighted by Gasteiger charge is -2.11. The molecular formula is C26H27N5O2S. The van der Waals surface area contributed by atoms with E-state index in [1.54, 1.807) is 36.1 Å². The van der Waals surface area contributed by atoms with Crippen LogP contribution in [-0.4, -0.2) is 27.4 Å². The molecule has 0 saturated carbocycles. The summed E-state index contributed by atoms with van der Waals surface area (Å²) in [4.78, 5) is 12.7. The Morgan fingerprint density at radius 3 is 2.32 bits per heavy atom. The van der Waals surface area contributed by atoms with Crippen LogP contribution >= 0.6 is 12.2 Å². The lowest BCUT2D eigenvalue weighted by molar-refractivity contribution is -0.116. The first kappa shape index (κ1) is 23.3. The average Bonchev–Trinajstić information content (AvgIpc) is 3.14. The molecule has 0 unspecified atom stereocenters. The largest absolute Gasteiger partial charge is 0.497 e. The second-order valence-corrected chi connectivity index (χ2v) is 8.34. The molecule has 3 aromatic carbocycles. The van der Waals surface area contributed by atoms with E-state index in [4.69, 9.17) is 22.1 Å². The van der Waals surface area contributed by atoms with Gasteiger partial charge in [-0.15, -0.1) is 0 Å². The smallest absolute Gasteiger partial charge is 0.246 e. The molecule has 0 aliphatic rings. The number of aryl methyl sites for hydroxylation is 2. The van der Waals surface area contributed by atoms with Crippen molar-refractivity contribution in [2.45, 2.75) is 26.9 Å². The number of ether oxygens (including phenoxy) is 1. The molecule has 4 rings (SSSR count). The third kappa shape index (κ3) is 5.35. The summed E-state index contributed by atoms with van der Waals surface area (Å²) in [6.45, 7) is 4.54. The molecule has 0 aliphatic heterocycles. The number of hydrogen-bond acceptors (Lipinski definition) is 5. The molecule has 0 atom stereocenters. The number of amides is 1. The van der Waals surface area contributed by atoms with Gasteiger partial charge in [0.25, 0.3) is 0 Å². The van der Waals surface area contributed by atoms with Crippen LogP contribution in [0.25, 0.3) is 5.69 Å². The van der Waals surface area contributed by atoms with E-state index < -0.39 is 0 Å². The molecule has 1 heterocycles. The molecule has 0 fully saturated rings. The highest BCUT2D eigenvalue weighted by Gasteiger charge is 2.16. The number of hydrogen-bond donors (Lipinski definition) is 2. The Morgan fingerprint density at radius 1 is 0.971 bits per heavy atom. The van der Waals surface area contributed by atoms with E-state index in [9.17, 15) is 4.79 Å². The molecule has 1 amide bonds. The van der Waals surface area contributed by atoms with Crippen molar-refractivity contribution in [2.24, 2.45) is 0 Å². The van der Waals surface area contributed by atoms with Gasteiger partial charge in [-0.2, -0.15) is 5.10 Å². The fourth-order valence-electron chi connectivity index (χ4n) is 3.59. The summed E-state index contributed by atoms with van der Waals surface area (Å²) in [5, 5.41) is 11.0. The van der Waals surface area contributed by atoms with Crippen molar-refractivity contribution < 1.29 is 9.53 Å². The third-order valence-corrected chi connectivity index (χ3v) is 5.83. The molecule has 1 aromatic heterocycles. The van der Waals surface area contributed by atoms with Crippen molar-refractivity contribution >= 4 is 29.5 Å². The zero-order valence-electron chi connectivity index (χ0n) is 19.4. The molecule has 0 spiro atoms. The quantitative estimate of drug-likeness (QED) is 0.341. The van der Waals surface area contributed by atoms with Crippen LogP contribution < -0.4 is 15.4 Å². The number of methoxy groups -OCH3 is 1. The lowest BCUT2D eigenvalue weighted by atomic mass is 10.2. The number of carbonyl (C=O) groups excluding carboxylic acids is 1. The van der Waals surface area contributed by atoms with Crippen molar-refractivity contribution in [3.63, 3.8) is 0 Å². The molecule has 34 heavy (non-hydrogen) atoms. The standard InChI is InChI=1S/C26H27N5O2S/c1-18-8-10-20(11-9-18)27-16-24-29-30(26(34)31(24)23-7-5-4-6-19(23)2)17-25(32)28-21-12-14-22(33-3)15-13-21/h4-15,27H,16-17H2,1-3H3,(H,28,32). The number of aromatic nitrogens is 3. The van der Waals surface area contributed by atoms with Crippen LogP contribution in [0.4, 0.5) is 11.4 Å². The molecule has 0 saturated heterocycles. The van der Waals surface area contributed by atoms with Gasteiger partial charge < -0.3 is 15.4 Å². The zero-order chi connectivity index (χ0) is 24.1. The second kappa shape index (κ2) is 10.4. The van der Waals surface area contributed by atoms with Gasteiger partial charge in [0.05, 0.1) is 19.3 Å². The van der Waals surface area contributed by atoms with Gasteiger partial charge in [-0.25, -0.2) is 4.68 Å². The fourth-order valence-corrected chi connectivity index (χ4v) is 3.90. The van der Waals surface area contributed by atoms with E-state index in [-0.39, 0.29) is 12.5 Å². The zero-order valence-corrected chi connectivity index (χ0v) is 20.2. The summed E-state index contributed by atoms with van der Waals surface area (Å²) in [5.74, 6) is 1.23. The van der Waals surface area contributed by atoms with Crippen molar-refractivity contribution in [3.8, 4) is 11.4 Å². The summed E-state index contributed by atoms with van der Waals surface area (Å²) >= 11 is 5.76. The predicted octanol–water partition coefficient (Wildman–Crippen LogP) is 5.28. The monoisotopic (exact) mass is 473 g/mol. The van der Waals surface area contributed by atoms with Gasteiger partial charge in [0, 0.05) is 11.4 Å². The maximum absolute atomic E-state index is 12.7. The van der Waals surface area contributed by atoms with Gasteiger partial charge in [0.15, 0.2) is 5.82 Å². The highest BCUT2D eigenvalue weighted by Crippen LogP contribution is 2.19. The normalized spacial score (nSPS) is 10.7. The molecule has 0 bridgehead atoms. The molecule has 7 nitrogen and oxygen atoms in total. The van der Waals surface area contributed by atoms with E-state index in [0.29, 0.717) is 17.0 Å². The summed E-state index contributed by atoms with van der Waals surface area (Å²) in [6.07, 6.45) is 0. The first-order valence-corrected chi connectivity index (χ1v) is 11.3. The Hall–Kier alpha value is -3.91. The highest BCUT2D eigenvalue weighted by atomic mass is 32.1. The minimum absolute atomic E-state index is 0.00127. The topological polar surface area (TPSA) is 73.1 Å². The summed E-state index contributed by atoms with van der Waals surface area (Å²) in [5.41, 5.74) is 4.87. The fraction of sp³-hybridized carbons (Fsp3) is 0.192. The van der Waals surface area contributed by atoms with Gasteiger partial charge >= 0.3 is 0 Å². The first-order valence-electron chi connectivity index (χ1n) is 10.9. The van der Waals surface area contributed by atoms with Crippen molar-refractivity contribution in [3.05, 3.63) is 94.5 Å². The minimum Gasteiger partial charge on any atom is -0.497 e. The van der Waals surface area contributed by atoms with Gasteiger partial charge in [-0.05, 0) is 74.1 Å². The van der Waals surface area contributed by atoms with Crippen LogP contribution in [0.1, 0.15) is 17.0 Å². The van der Waals surface area contributed by atoms with E-state index in [1.807, 2.05) is 47.9 Å². The molecular weight excluding hydrogens is 446 g/mol.